The number of ether oxygens (including phenoxy) is 2. The van der Waals surface area contributed by atoms with Crippen LogP contribution in [0.1, 0.15) is 26.3 Å². The lowest BCUT2D eigenvalue weighted by atomic mass is 10.1. The minimum Gasteiger partial charge on any atom is -0.488 e. The molecule has 2 aromatic carbocycles. The highest BCUT2D eigenvalue weighted by atomic mass is 35.5. The van der Waals surface area contributed by atoms with Crippen molar-refractivity contribution in [2.75, 3.05) is 32.3 Å². The Labute approximate surface area is 199 Å². The minimum absolute atomic E-state index is 0.116. The van der Waals surface area contributed by atoms with E-state index in [-0.39, 0.29) is 23.7 Å². The molecule has 33 heavy (non-hydrogen) atoms. The van der Waals surface area contributed by atoms with Crippen LogP contribution in [0.15, 0.2) is 47.5 Å². The molecular weight excluding hydrogens is 447 g/mol. The van der Waals surface area contributed by atoms with Gasteiger partial charge in [0.15, 0.2) is 11.6 Å². The summed E-state index contributed by atoms with van der Waals surface area (Å²) in [5.41, 5.74) is 1.61. The van der Waals surface area contributed by atoms with Crippen LogP contribution in [0.5, 0.6) is 5.75 Å². The quantitative estimate of drug-likeness (QED) is 0.563. The Hall–Kier alpha value is -2.84. The predicted octanol–water partition coefficient (Wildman–Crippen LogP) is 4.58. The van der Waals surface area contributed by atoms with Crippen LogP contribution in [-0.4, -0.2) is 54.8 Å². The molecule has 0 aromatic heterocycles. The van der Waals surface area contributed by atoms with Gasteiger partial charge < -0.3 is 19.7 Å². The highest BCUT2D eigenvalue weighted by molar-refractivity contribution is 6.30. The van der Waals surface area contributed by atoms with E-state index in [4.69, 9.17) is 21.1 Å². The van der Waals surface area contributed by atoms with Crippen LogP contribution in [0, 0.1) is 11.7 Å². The molecule has 0 bridgehead atoms. The maximum absolute atomic E-state index is 14.5. The summed E-state index contributed by atoms with van der Waals surface area (Å²) in [7, 11) is 1.39. The average Bonchev–Trinajstić information content (AvgIpc) is 2.78. The zero-order valence-corrected chi connectivity index (χ0v) is 20.1. The summed E-state index contributed by atoms with van der Waals surface area (Å²) < 4.78 is 24.8. The Balaban J connectivity index is 1.78. The SMILES string of the molecule is COC(=O)[C@H](C)CN1CN=C(Nc2ccc(OC(C)C)c(F)c2)N(Cc2ccc(Cl)cc2)C1. The second kappa shape index (κ2) is 11.3. The first kappa shape index (κ1) is 24.8. The maximum Gasteiger partial charge on any atom is 0.309 e. The normalized spacial score (nSPS) is 15.2. The first-order valence-corrected chi connectivity index (χ1v) is 11.2. The molecule has 2 aromatic rings. The van der Waals surface area contributed by atoms with Crippen molar-refractivity contribution in [3.8, 4) is 5.75 Å². The van der Waals surface area contributed by atoms with Crippen LogP contribution in [0.25, 0.3) is 0 Å². The number of benzene rings is 2. The van der Waals surface area contributed by atoms with Crippen molar-refractivity contribution in [1.29, 1.82) is 0 Å². The number of carbonyl (C=O) groups excluding carboxylic acids is 1. The Bertz CT molecular complexity index is 984. The Morgan fingerprint density at radius 3 is 2.58 bits per heavy atom. The van der Waals surface area contributed by atoms with Crippen molar-refractivity contribution in [1.82, 2.24) is 9.80 Å². The number of aliphatic imine (C=N–C) groups is 1. The third-order valence-electron chi connectivity index (χ3n) is 5.06. The number of hydrogen-bond donors (Lipinski definition) is 1. The first-order valence-electron chi connectivity index (χ1n) is 10.8. The van der Waals surface area contributed by atoms with E-state index < -0.39 is 5.82 Å². The van der Waals surface area contributed by atoms with Gasteiger partial charge in [-0.1, -0.05) is 30.7 Å². The molecule has 9 heteroatoms. The minimum atomic E-state index is -0.442. The van der Waals surface area contributed by atoms with Gasteiger partial charge >= 0.3 is 5.97 Å². The summed E-state index contributed by atoms with van der Waals surface area (Å²) in [6, 6.07) is 12.3. The van der Waals surface area contributed by atoms with E-state index in [0.29, 0.717) is 43.1 Å². The molecule has 0 aliphatic carbocycles. The summed E-state index contributed by atoms with van der Waals surface area (Å²) in [5.74, 6) is -0.153. The molecule has 3 rings (SSSR count). The van der Waals surface area contributed by atoms with Gasteiger partial charge in [-0.15, -0.1) is 0 Å². The molecule has 7 nitrogen and oxygen atoms in total. The Morgan fingerprint density at radius 1 is 1.21 bits per heavy atom. The monoisotopic (exact) mass is 476 g/mol. The zero-order chi connectivity index (χ0) is 24.0. The molecule has 0 spiro atoms. The molecule has 0 amide bonds. The van der Waals surface area contributed by atoms with Gasteiger partial charge in [-0.25, -0.2) is 9.38 Å². The molecule has 0 saturated heterocycles. The Kier molecular flexibility index (Phi) is 8.52. The summed E-state index contributed by atoms with van der Waals surface area (Å²) in [5, 5.41) is 3.89. The van der Waals surface area contributed by atoms with Gasteiger partial charge in [-0.3, -0.25) is 9.69 Å². The van der Waals surface area contributed by atoms with Gasteiger partial charge in [-0.2, -0.15) is 0 Å². The number of nitrogens with one attached hydrogen (secondary N) is 1. The fourth-order valence-corrected chi connectivity index (χ4v) is 3.64. The van der Waals surface area contributed by atoms with Gasteiger partial charge in [0, 0.05) is 29.9 Å². The summed E-state index contributed by atoms with van der Waals surface area (Å²) in [6.07, 6.45) is -0.116. The van der Waals surface area contributed by atoms with Crippen molar-refractivity contribution >= 4 is 29.2 Å². The molecule has 1 N–H and O–H groups in total. The molecule has 0 radical (unpaired) electrons. The zero-order valence-electron chi connectivity index (χ0n) is 19.3. The lowest BCUT2D eigenvalue weighted by Gasteiger charge is -2.37. The molecule has 1 atom stereocenters. The molecule has 1 aliphatic rings. The number of esters is 1. The van der Waals surface area contributed by atoms with E-state index in [0.717, 1.165) is 5.56 Å². The third kappa shape index (κ3) is 7.07. The fraction of sp³-hybridized carbons (Fsp3) is 0.417. The summed E-state index contributed by atoms with van der Waals surface area (Å²) in [6.45, 7) is 7.54. The van der Waals surface area contributed by atoms with Gasteiger partial charge in [0.05, 0.1) is 32.5 Å². The van der Waals surface area contributed by atoms with Crippen molar-refractivity contribution in [2.24, 2.45) is 10.9 Å². The molecular formula is C24H30ClFN4O3. The second-order valence-electron chi connectivity index (χ2n) is 8.30. The number of halogens is 2. The number of methoxy groups -OCH3 is 1. The molecule has 0 unspecified atom stereocenters. The molecule has 0 saturated carbocycles. The van der Waals surface area contributed by atoms with Crippen molar-refractivity contribution in [2.45, 2.75) is 33.4 Å². The van der Waals surface area contributed by atoms with Crippen molar-refractivity contribution < 1.29 is 18.7 Å². The van der Waals surface area contributed by atoms with Gasteiger partial charge in [-0.05, 0) is 43.7 Å². The van der Waals surface area contributed by atoms with Crippen LogP contribution in [0.2, 0.25) is 5.02 Å². The number of carbonyl (C=O) groups is 1. The lowest BCUT2D eigenvalue weighted by molar-refractivity contribution is -0.145. The van der Waals surface area contributed by atoms with Crippen LogP contribution < -0.4 is 10.1 Å². The molecule has 1 heterocycles. The highest BCUT2D eigenvalue weighted by Crippen LogP contribution is 2.23. The number of rotatable bonds is 8. The smallest absolute Gasteiger partial charge is 0.309 e. The standard InChI is InChI=1S/C24H30ClFN4O3/c1-16(2)33-22-10-9-20(11-21(22)26)28-24-27-14-29(12-17(3)23(31)32-4)15-30(24)13-18-5-7-19(25)8-6-18/h5-11,16-17H,12-15H2,1-4H3,(H,27,28)/t17-/m1/s1. The molecule has 0 fully saturated rings. The number of hydrogen-bond acceptors (Lipinski definition) is 7. The van der Waals surface area contributed by atoms with Crippen LogP contribution in [-0.2, 0) is 16.1 Å². The van der Waals surface area contributed by atoms with E-state index >= 15 is 0 Å². The van der Waals surface area contributed by atoms with E-state index in [1.165, 1.54) is 13.2 Å². The molecule has 1 aliphatic heterocycles. The van der Waals surface area contributed by atoms with Gasteiger partial charge in [0.1, 0.15) is 0 Å². The highest BCUT2D eigenvalue weighted by Gasteiger charge is 2.25. The summed E-state index contributed by atoms with van der Waals surface area (Å²) in [4.78, 5) is 20.6. The number of nitrogens with zero attached hydrogens (tertiary/aromatic N) is 3. The third-order valence-corrected chi connectivity index (χ3v) is 5.32. The largest absolute Gasteiger partial charge is 0.488 e. The average molecular weight is 477 g/mol. The second-order valence-corrected chi connectivity index (χ2v) is 8.74. The van der Waals surface area contributed by atoms with Gasteiger partial charge in [0.25, 0.3) is 0 Å². The summed E-state index contributed by atoms with van der Waals surface area (Å²) >= 11 is 6.03. The number of guanidine groups is 1. The molecule has 178 valence electrons. The van der Waals surface area contributed by atoms with Crippen molar-refractivity contribution in [3.05, 3.63) is 58.9 Å². The van der Waals surface area contributed by atoms with E-state index in [9.17, 15) is 9.18 Å². The van der Waals surface area contributed by atoms with Crippen LogP contribution >= 0.6 is 11.6 Å². The first-order chi connectivity index (χ1) is 15.7. The number of anilines is 1. The fourth-order valence-electron chi connectivity index (χ4n) is 3.51. The van der Waals surface area contributed by atoms with E-state index in [1.807, 2.05) is 49.9 Å². The van der Waals surface area contributed by atoms with Gasteiger partial charge in [0.2, 0.25) is 5.96 Å². The van der Waals surface area contributed by atoms with Crippen molar-refractivity contribution in [3.63, 3.8) is 0 Å². The van der Waals surface area contributed by atoms with E-state index in [1.54, 1.807) is 12.1 Å². The van der Waals surface area contributed by atoms with Crippen LogP contribution in [0.3, 0.4) is 0 Å². The lowest BCUT2D eigenvalue weighted by Crippen LogP contribution is -2.50. The van der Waals surface area contributed by atoms with Crippen LogP contribution in [0.4, 0.5) is 10.1 Å². The van der Waals surface area contributed by atoms with E-state index in [2.05, 4.69) is 15.2 Å². The maximum atomic E-state index is 14.5. The predicted molar refractivity (Wildman–Crippen MR) is 128 cm³/mol. The Morgan fingerprint density at radius 2 is 1.94 bits per heavy atom. The topological polar surface area (TPSA) is 66.4 Å².